The van der Waals surface area contributed by atoms with Gasteiger partial charge in [-0.1, -0.05) is 6.07 Å². The second kappa shape index (κ2) is 7.51. The van der Waals surface area contributed by atoms with Crippen LogP contribution in [0.2, 0.25) is 0 Å². The summed E-state index contributed by atoms with van der Waals surface area (Å²) in [6.07, 6.45) is 3.25. The van der Waals surface area contributed by atoms with Crippen LogP contribution in [0.25, 0.3) is 6.08 Å². The Morgan fingerprint density at radius 3 is 2.86 bits per heavy atom. The highest BCUT2D eigenvalue weighted by Crippen LogP contribution is 2.10. The second-order valence-electron chi connectivity index (χ2n) is 4.50. The third kappa shape index (κ3) is 4.52. The van der Waals surface area contributed by atoms with E-state index in [1.54, 1.807) is 22.3 Å². The Balaban J connectivity index is 1.98. The molecule has 2 aromatic rings. The van der Waals surface area contributed by atoms with Gasteiger partial charge < -0.3 is 15.0 Å². The van der Waals surface area contributed by atoms with E-state index < -0.39 is 0 Å². The number of carbonyl (C=O) groups excluding carboxylic acids is 1. The Kier molecular flexibility index (Phi) is 5.42. The van der Waals surface area contributed by atoms with Gasteiger partial charge in [-0.15, -0.1) is 11.3 Å². The van der Waals surface area contributed by atoms with E-state index in [9.17, 15) is 4.79 Å². The molecule has 0 bridgehead atoms. The number of nitrogens with zero attached hydrogens (tertiary/aromatic N) is 4. The molecule has 2 heterocycles. The highest BCUT2D eigenvalue weighted by Gasteiger charge is 2.09. The summed E-state index contributed by atoms with van der Waals surface area (Å²) in [4.78, 5) is 27.0. The maximum atomic E-state index is 11.8. The number of methoxy groups -OCH3 is 1. The van der Waals surface area contributed by atoms with Crippen molar-refractivity contribution in [2.75, 3.05) is 26.1 Å². The van der Waals surface area contributed by atoms with E-state index >= 15 is 0 Å². The van der Waals surface area contributed by atoms with Gasteiger partial charge in [-0.25, -0.2) is 0 Å². The average Bonchev–Trinajstić information content (AvgIpc) is 3.04. The molecule has 0 aliphatic heterocycles. The minimum Gasteiger partial charge on any atom is -0.467 e. The zero-order chi connectivity index (χ0) is 15.9. The number of thiophene rings is 1. The molecule has 7 nitrogen and oxygen atoms in total. The molecule has 1 amide bonds. The molecule has 8 heteroatoms. The fourth-order valence-electron chi connectivity index (χ4n) is 1.53. The Hall–Kier alpha value is -2.48. The third-order valence-corrected chi connectivity index (χ3v) is 3.43. The predicted molar refractivity (Wildman–Crippen MR) is 85.9 cm³/mol. The fourth-order valence-corrected chi connectivity index (χ4v) is 2.14. The molecule has 0 aromatic carbocycles. The van der Waals surface area contributed by atoms with Gasteiger partial charge in [-0.3, -0.25) is 4.79 Å². The van der Waals surface area contributed by atoms with E-state index in [1.165, 1.54) is 13.2 Å². The highest BCUT2D eigenvalue weighted by molar-refractivity contribution is 7.10. The van der Waals surface area contributed by atoms with Crippen molar-refractivity contribution in [1.29, 1.82) is 0 Å². The first-order valence-electron chi connectivity index (χ1n) is 6.54. The molecule has 0 atom stereocenters. The molecular weight excluding hydrogens is 302 g/mol. The lowest BCUT2D eigenvalue weighted by Crippen LogP contribution is -2.23. The molecule has 116 valence electrons. The molecule has 0 saturated carbocycles. The first kappa shape index (κ1) is 15.9. The van der Waals surface area contributed by atoms with Gasteiger partial charge in [0, 0.05) is 25.0 Å². The number of ether oxygens (including phenoxy) is 1. The van der Waals surface area contributed by atoms with Gasteiger partial charge in [0.15, 0.2) is 5.82 Å². The lowest BCUT2D eigenvalue weighted by atomic mass is 10.4. The average molecular weight is 319 g/mol. The van der Waals surface area contributed by atoms with Gasteiger partial charge >= 0.3 is 6.01 Å². The summed E-state index contributed by atoms with van der Waals surface area (Å²) >= 11 is 1.57. The van der Waals surface area contributed by atoms with Crippen molar-refractivity contribution in [1.82, 2.24) is 20.3 Å². The number of hydrogen-bond acceptors (Lipinski definition) is 7. The molecule has 2 rings (SSSR count). The van der Waals surface area contributed by atoms with Crippen molar-refractivity contribution >= 4 is 29.3 Å². The van der Waals surface area contributed by atoms with Crippen LogP contribution >= 0.6 is 11.3 Å². The van der Waals surface area contributed by atoms with Gasteiger partial charge in [0.05, 0.1) is 13.7 Å². The largest absolute Gasteiger partial charge is 0.467 e. The fraction of sp³-hybridized carbons (Fsp3) is 0.286. The van der Waals surface area contributed by atoms with Crippen LogP contribution in [0.3, 0.4) is 0 Å². The Morgan fingerprint density at radius 1 is 1.41 bits per heavy atom. The third-order valence-electron chi connectivity index (χ3n) is 2.59. The number of carbonyl (C=O) groups is 1. The quantitative estimate of drug-likeness (QED) is 0.809. The van der Waals surface area contributed by atoms with Crippen LogP contribution in [0.1, 0.15) is 10.7 Å². The predicted octanol–water partition coefficient (Wildman–Crippen LogP) is 1.34. The van der Waals surface area contributed by atoms with Crippen molar-refractivity contribution < 1.29 is 9.53 Å². The molecular formula is C14H17N5O2S. The first-order valence-corrected chi connectivity index (χ1v) is 7.42. The summed E-state index contributed by atoms with van der Waals surface area (Å²) in [6.45, 7) is 0.202. The zero-order valence-electron chi connectivity index (χ0n) is 12.6. The maximum absolute atomic E-state index is 11.8. The van der Waals surface area contributed by atoms with Crippen molar-refractivity contribution in [3.05, 3.63) is 34.3 Å². The van der Waals surface area contributed by atoms with E-state index in [4.69, 9.17) is 4.74 Å². The van der Waals surface area contributed by atoms with Crippen LogP contribution in [0.15, 0.2) is 23.6 Å². The highest BCUT2D eigenvalue weighted by atomic mass is 32.1. The molecule has 22 heavy (non-hydrogen) atoms. The van der Waals surface area contributed by atoms with Gasteiger partial charge in [-0.2, -0.15) is 15.0 Å². The van der Waals surface area contributed by atoms with Crippen LogP contribution < -0.4 is 15.0 Å². The summed E-state index contributed by atoms with van der Waals surface area (Å²) in [5, 5.41) is 4.69. The molecule has 2 aromatic heterocycles. The lowest BCUT2D eigenvalue weighted by molar-refractivity contribution is -0.116. The number of anilines is 1. The van der Waals surface area contributed by atoms with Crippen LogP contribution in [-0.4, -0.2) is 42.1 Å². The SMILES string of the molecule is COc1nc(CNC(=O)C=Cc2cccs2)nc(N(C)C)n1. The summed E-state index contributed by atoms with van der Waals surface area (Å²) in [5.41, 5.74) is 0. The van der Waals surface area contributed by atoms with E-state index in [-0.39, 0.29) is 18.5 Å². The van der Waals surface area contributed by atoms with Crippen molar-refractivity contribution in [2.45, 2.75) is 6.54 Å². The van der Waals surface area contributed by atoms with E-state index in [0.29, 0.717) is 11.8 Å². The molecule has 0 saturated heterocycles. The van der Waals surface area contributed by atoms with Crippen LogP contribution in [0.5, 0.6) is 6.01 Å². The summed E-state index contributed by atoms with van der Waals surface area (Å²) in [6, 6.07) is 4.09. The van der Waals surface area contributed by atoms with Crippen LogP contribution in [0.4, 0.5) is 5.95 Å². The molecule has 0 fully saturated rings. The molecule has 0 aliphatic carbocycles. The lowest BCUT2D eigenvalue weighted by Gasteiger charge is -2.12. The molecule has 0 unspecified atom stereocenters. The molecule has 1 N–H and O–H groups in total. The van der Waals surface area contributed by atoms with Crippen LogP contribution in [0, 0.1) is 0 Å². The van der Waals surface area contributed by atoms with Gasteiger partial charge in [-0.05, 0) is 17.5 Å². The number of nitrogens with one attached hydrogen (secondary N) is 1. The van der Waals surface area contributed by atoms with Gasteiger partial charge in [0.2, 0.25) is 11.9 Å². The topological polar surface area (TPSA) is 80.2 Å². The Labute approximate surface area is 132 Å². The van der Waals surface area contributed by atoms with Crippen molar-refractivity contribution in [3.63, 3.8) is 0 Å². The smallest absolute Gasteiger partial charge is 0.321 e. The Morgan fingerprint density at radius 2 is 2.23 bits per heavy atom. The van der Waals surface area contributed by atoms with E-state index in [1.807, 2.05) is 31.6 Å². The zero-order valence-corrected chi connectivity index (χ0v) is 13.4. The number of aromatic nitrogens is 3. The van der Waals surface area contributed by atoms with Gasteiger partial charge in [0.1, 0.15) is 0 Å². The van der Waals surface area contributed by atoms with E-state index in [0.717, 1.165) is 4.88 Å². The van der Waals surface area contributed by atoms with Crippen LogP contribution in [-0.2, 0) is 11.3 Å². The monoisotopic (exact) mass is 319 g/mol. The minimum atomic E-state index is -0.209. The Bertz CT molecular complexity index is 655. The number of amides is 1. The van der Waals surface area contributed by atoms with Crippen molar-refractivity contribution in [2.24, 2.45) is 0 Å². The molecule has 0 aliphatic rings. The van der Waals surface area contributed by atoms with E-state index in [2.05, 4.69) is 20.3 Å². The standard InChI is InChI=1S/C14H17N5O2S/c1-19(2)13-16-11(17-14(18-13)21-3)9-15-12(20)7-6-10-5-4-8-22-10/h4-8H,9H2,1-3H3,(H,15,20). The maximum Gasteiger partial charge on any atom is 0.321 e. The normalized spacial score (nSPS) is 10.7. The summed E-state index contributed by atoms with van der Waals surface area (Å²) in [5.74, 6) is 0.706. The number of rotatable bonds is 6. The summed E-state index contributed by atoms with van der Waals surface area (Å²) in [7, 11) is 5.13. The number of hydrogen-bond donors (Lipinski definition) is 1. The second-order valence-corrected chi connectivity index (χ2v) is 5.48. The summed E-state index contributed by atoms with van der Waals surface area (Å²) < 4.78 is 5.03. The molecule has 0 radical (unpaired) electrons. The first-order chi connectivity index (χ1) is 10.6. The van der Waals surface area contributed by atoms with Crippen molar-refractivity contribution in [3.8, 4) is 6.01 Å². The van der Waals surface area contributed by atoms with Gasteiger partial charge in [0.25, 0.3) is 0 Å². The molecule has 0 spiro atoms. The minimum absolute atomic E-state index is 0.202.